The van der Waals surface area contributed by atoms with Crippen LogP contribution in [0.4, 0.5) is 13.2 Å². The fourth-order valence-electron chi connectivity index (χ4n) is 1.36. The molecular formula is C11H9F3N2O2S2. The lowest BCUT2D eigenvalue weighted by molar-refractivity contribution is -0.274. The average Bonchev–Trinajstić information content (AvgIpc) is 2.88. The van der Waals surface area contributed by atoms with Crippen LogP contribution in [0.3, 0.4) is 0 Å². The van der Waals surface area contributed by atoms with Crippen molar-refractivity contribution in [3.63, 3.8) is 0 Å². The third kappa shape index (κ3) is 4.66. The third-order valence-electron chi connectivity index (χ3n) is 2.20. The van der Waals surface area contributed by atoms with E-state index in [1.807, 2.05) is 0 Å². The molecular weight excluding hydrogens is 313 g/mol. The molecule has 0 saturated heterocycles. The minimum Gasteiger partial charge on any atom is -0.406 e. The smallest absolute Gasteiger partial charge is 0.406 e. The molecule has 0 spiro atoms. The predicted molar refractivity (Wildman–Crippen MR) is 68.7 cm³/mol. The first kappa shape index (κ1) is 15.1. The number of alkyl halides is 3. The number of thioether (sulfide) groups is 1. The highest BCUT2D eigenvalue weighted by atomic mass is 32.2. The predicted octanol–water partition coefficient (Wildman–Crippen LogP) is 3.26. The molecule has 4 nitrogen and oxygen atoms in total. The maximum Gasteiger partial charge on any atom is 0.573 e. The molecule has 0 radical (unpaired) electrons. The largest absolute Gasteiger partial charge is 0.573 e. The summed E-state index contributed by atoms with van der Waals surface area (Å²) in [5, 5.41) is 17.4. The second kappa shape index (κ2) is 6.42. The topological polar surface area (TPSA) is 55.2 Å². The summed E-state index contributed by atoms with van der Waals surface area (Å²) >= 11 is 2.68. The van der Waals surface area contributed by atoms with Crippen molar-refractivity contribution in [2.24, 2.45) is 0 Å². The van der Waals surface area contributed by atoms with Crippen LogP contribution in [0, 0.1) is 0 Å². The molecule has 1 aromatic heterocycles. The van der Waals surface area contributed by atoms with Crippen molar-refractivity contribution in [2.75, 3.05) is 5.75 Å². The number of ether oxygens (including phenoxy) is 1. The lowest BCUT2D eigenvalue weighted by Crippen LogP contribution is -2.17. The molecule has 1 heterocycles. The van der Waals surface area contributed by atoms with E-state index >= 15 is 0 Å². The lowest BCUT2D eigenvalue weighted by atomic mass is 10.1. The van der Waals surface area contributed by atoms with Crippen LogP contribution in [-0.4, -0.2) is 27.4 Å². The average molecular weight is 322 g/mol. The van der Waals surface area contributed by atoms with Crippen molar-refractivity contribution in [1.82, 2.24) is 10.2 Å². The second-order valence-corrected chi connectivity index (χ2v) is 5.75. The van der Waals surface area contributed by atoms with Gasteiger partial charge in [0.2, 0.25) is 0 Å². The van der Waals surface area contributed by atoms with Crippen LogP contribution in [-0.2, 0) is 0 Å². The molecule has 0 aliphatic heterocycles. The number of nitrogens with zero attached hydrogens (tertiary/aromatic N) is 2. The zero-order chi connectivity index (χ0) is 14.6. The summed E-state index contributed by atoms with van der Waals surface area (Å²) < 4.78 is 40.5. The van der Waals surface area contributed by atoms with E-state index in [2.05, 4.69) is 14.9 Å². The Labute approximate surface area is 120 Å². The summed E-state index contributed by atoms with van der Waals surface area (Å²) in [7, 11) is 0. The van der Waals surface area contributed by atoms with Crippen LogP contribution in [0.15, 0.2) is 34.1 Å². The van der Waals surface area contributed by atoms with Gasteiger partial charge in [-0.15, -0.1) is 23.4 Å². The van der Waals surface area contributed by atoms with Crippen LogP contribution >= 0.6 is 23.1 Å². The minimum atomic E-state index is -4.71. The zero-order valence-corrected chi connectivity index (χ0v) is 11.5. The Balaban J connectivity index is 1.91. The summed E-state index contributed by atoms with van der Waals surface area (Å²) in [6.07, 6.45) is -5.52. The number of aliphatic hydroxyl groups excluding tert-OH is 1. The molecule has 108 valence electrons. The number of benzene rings is 1. The number of hydrogen-bond donors (Lipinski definition) is 1. The Morgan fingerprint density at radius 3 is 2.55 bits per heavy atom. The van der Waals surface area contributed by atoms with Gasteiger partial charge in [0.15, 0.2) is 4.34 Å². The maximum atomic E-state index is 12.0. The van der Waals surface area contributed by atoms with Gasteiger partial charge in [-0.1, -0.05) is 35.2 Å². The Morgan fingerprint density at radius 1 is 1.30 bits per heavy atom. The van der Waals surface area contributed by atoms with Crippen molar-refractivity contribution in [2.45, 2.75) is 16.8 Å². The van der Waals surface area contributed by atoms with Gasteiger partial charge in [-0.25, -0.2) is 0 Å². The molecule has 20 heavy (non-hydrogen) atoms. The summed E-state index contributed by atoms with van der Waals surface area (Å²) in [6, 6.07) is 5.13. The van der Waals surface area contributed by atoms with Crippen molar-refractivity contribution >= 4 is 23.1 Å². The standard InChI is InChI=1S/C11H9F3N2O2S2/c12-11(13,14)18-8-3-1-7(2-4-8)9(17)5-19-10-16-15-6-20-10/h1-4,6,9,17H,5H2. The molecule has 2 aromatic rings. The fourth-order valence-corrected chi connectivity index (χ4v) is 2.85. The second-order valence-electron chi connectivity index (χ2n) is 3.65. The molecule has 0 fully saturated rings. The van der Waals surface area contributed by atoms with Gasteiger partial charge in [-0.05, 0) is 17.7 Å². The van der Waals surface area contributed by atoms with Crippen LogP contribution in [0.25, 0.3) is 0 Å². The normalized spacial score (nSPS) is 13.2. The lowest BCUT2D eigenvalue weighted by Gasteiger charge is -2.12. The number of hydrogen-bond acceptors (Lipinski definition) is 6. The first-order chi connectivity index (χ1) is 9.44. The van der Waals surface area contributed by atoms with Gasteiger partial charge in [0.25, 0.3) is 0 Å². The van der Waals surface area contributed by atoms with Gasteiger partial charge in [-0.3, -0.25) is 0 Å². The molecule has 9 heteroatoms. The van der Waals surface area contributed by atoms with E-state index in [1.165, 1.54) is 47.4 Å². The summed E-state index contributed by atoms with van der Waals surface area (Å²) in [4.78, 5) is 0. The van der Waals surface area contributed by atoms with Crippen LogP contribution in [0.5, 0.6) is 5.75 Å². The Morgan fingerprint density at radius 2 is 2.00 bits per heavy atom. The number of halogens is 3. The van der Waals surface area contributed by atoms with Gasteiger partial charge in [0.1, 0.15) is 11.3 Å². The van der Waals surface area contributed by atoms with E-state index in [0.29, 0.717) is 11.3 Å². The van der Waals surface area contributed by atoms with E-state index in [0.717, 1.165) is 4.34 Å². The molecule has 1 unspecified atom stereocenters. The molecule has 1 atom stereocenters. The molecule has 0 aliphatic carbocycles. The number of rotatable bonds is 5. The van der Waals surface area contributed by atoms with Gasteiger partial charge >= 0.3 is 6.36 Å². The number of aliphatic hydroxyl groups is 1. The van der Waals surface area contributed by atoms with Gasteiger partial charge in [-0.2, -0.15) is 0 Å². The first-order valence-corrected chi connectivity index (χ1v) is 7.23. The molecule has 0 bridgehead atoms. The SMILES string of the molecule is OC(CSc1nncs1)c1ccc(OC(F)(F)F)cc1. The van der Waals surface area contributed by atoms with E-state index in [1.54, 1.807) is 5.51 Å². The monoisotopic (exact) mass is 322 g/mol. The molecule has 0 aliphatic rings. The van der Waals surface area contributed by atoms with Gasteiger partial charge < -0.3 is 9.84 Å². The minimum absolute atomic E-state index is 0.315. The Hall–Kier alpha value is -1.32. The van der Waals surface area contributed by atoms with Crippen molar-refractivity contribution < 1.29 is 23.0 Å². The van der Waals surface area contributed by atoms with Crippen molar-refractivity contribution in [1.29, 1.82) is 0 Å². The first-order valence-electron chi connectivity index (χ1n) is 5.37. The summed E-state index contributed by atoms with van der Waals surface area (Å²) in [5.74, 6) is 0.0273. The fraction of sp³-hybridized carbons (Fsp3) is 0.273. The maximum absolute atomic E-state index is 12.0. The zero-order valence-electron chi connectivity index (χ0n) is 9.87. The highest BCUT2D eigenvalue weighted by Crippen LogP contribution is 2.28. The highest BCUT2D eigenvalue weighted by Gasteiger charge is 2.31. The van der Waals surface area contributed by atoms with E-state index < -0.39 is 12.5 Å². The Kier molecular flexibility index (Phi) is 4.84. The quantitative estimate of drug-likeness (QED) is 0.856. The molecule has 0 amide bonds. The van der Waals surface area contributed by atoms with Crippen LogP contribution in [0.1, 0.15) is 11.7 Å². The van der Waals surface area contributed by atoms with E-state index in [4.69, 9.17) is 0 Å². The highest BCUT2D eigenvalue weighted by molar-refractivity contribution is 8.01. The summed E-state index contributed by atoms with van der Waals surface area (Å²) in [5.41, 5.74) is 2.09. The molecule has 2 rings (SSSR count). The van der Waals surface area contributed by atoms with Crippen LogP contribution in [0.2, 0.25) is 0 Å². The number of aromatic nitrogens is 2. The van der Waals surface area contributed by atoms with Crippen molar-refractivity contribution in [3.8, 4) is 5.75 Å². The third-order valence-corrected chi connectivity index (χ3v) is 4.14. The van der Waals surface area contributed by atoms with Crippen LogP contribution < -0.4 is 4.74 Å². The van der Waals surface area contributed by atoms with Gasteiger partial charge in [0, 0.05) is 5.75 Å². The Bertz CT molecular complexity index is 532. The van der Waals surface area contributed by atoms with Gasteiger partial charge in [0.05, 0.1) is 6.10 Å². The van der Waals surface area contributed by atoms with Crippen molar-refractivity contribution in [3.05, 3.63) is 35.3 Å². The van der Waals surface area contributed by atoms with E-state index in [9.17, 15) is 18.3 Å². The van der Waals surface area contributed by atoms with E-state index in [-0.39, 0.29) is 5.75 Å². The summed E-state index contributed by atoms with van der Waals surface area (Å²) in [6.45, 7) is 0. The molecule has 1 aromatic carbocycles. The molecule has 0 saturated carbocycles. The molecule has 1 N–H and O–H groups in total.